The summed E-state index contributed by atoms with van der Waals surface area (Å²) in [4.78, 5) is 6.73. The molecule has 0 N–H and O–H groups in total. The van der Waals surface area contributed by atoms with Crippen LogP contribution in [-0.2, 0) is 18.5 Å². The molecule has 3 rings (SSSR count). The van der Waals surface area contributed by atoms with Gasteiger partial charge in [0, 0.05) is 16.5 Å². The van der Waals surface area contributed by atoms with E-state index in [-0.39, 0.29) is 11.5 Å². The summed E-state index contributed by atoms with van der Waals surface area (Å²) in [5.41, 5.74) is 1.86. The number of benzene rings is 1. The Labute approximate surface area is 170 Å². The van der Waals surface area contributed by atoms with Gasteiger partial charge in [-0.25, -0.2) is 4.98 Å². The van der Waals surface area contributed by atoms with Crippen molar-refractivity contribution >= 4 is 11.6 Å². The summed E-state index contributed by atoms with van der Waals surface area (Å²) in [6.07, 6.45) is 0. The van der Waals surface area contributed by atoms with Crippen LogP contribution in [0.25, 0.3) is 0 Å². The van der Waals surface area contributed by atoms with Gasteiger partial charge in [-0.15, -0.1) is 10.2 Å². The summed E-state index contributed by atoms with van der Waals surface area (Å²) in [7, 11) is 0. The Morgan fingerprint density at radius 1 is 1.00 bits per heavy atom. The first kappa shape index (κ1) is 20.6. The van der Waals surface area contributed by atoms with Gasteiger partial charge in [0.05, 0.1) is 18.8 Å². The van der Waals surface area contributed by atoms with Crippen molar-refractivity contribution in [2.75, 3.05) is 0 Å². The van der Waals surface area contributed by atoms with Crippen LogP contribution in [0.5, 0.6) is 0 Å². The summed E-state index contributed by atoms with van der Waals surface area (Å²) in [5.74, 6) is 2.71. The van der Waals surface area contributed by atoms with Crippen molar-refractivity contribution in [3.63, 3.8) is 0 Å². The third kappa shape index (κ3) is 4.80. The highest BCUT2D eigenvalue weighted by atomic mass is 35.5. The molecule has 6 nitrogen and oxygen atoms in total. The zero-order chi connectivity index (χ0) is 20.5. The van der Waals surface area contributed by atoms with E-state index in [4.69, 9.17) is 20.4 Å². The molecule has 1 aromatic carbocycles. The number of rotatable bonds is 6. The Kier molecular flexibility index (Phi) is 5.91. The first-order chi connectivity index (χ1) is 13.1. The second-order valence-electron chi connectivity index (χ2n) is 8.13. The molecule has 0 bridgehead atoms. The molecule has 0 saturated carbocycles. The topological polar surface area (TPSA) is 68.2 Å². The molecule has 1 atom stereocenters. The van der Waals surface area contributed by atoms with Gasteiger partial charge in [-0.1, -0.05) is 44.5 Å². The molecule has 0 aliphatic heterocycles. The lowest BCUT2D eigenvalue weighted by atomic mass is 9.97. The summed E-state index contributed by atoms with van der Waals surface area (Å²) < 4.78 is 11.7. The molecule has 0 aliphatic carbocycles. The smallest absolute Gasteiger partial charge is 0.230 e. The third-order valence-corrected chi connectivity index (χ3v) is 5.01. The normalized spacial score (nSPS) is 13.3. The van der Waals surface area contributed by atoms with Gasteiger partial charge in [0.15, 0.2) is 0 Å². The zero-order valence-corrected chi connectivity index (χ0v) is 18.0. The third-order valence-electron chi connectivity index (χ3n) is 4.76. The Morgan fingerprint density at radius 2 is 1.64 bits per heavy atom. The van der Waals surface area contributed by atoms with Crippen LogP contribution in [-0.4, -0.2) is 20.1 Å². The predicted octanol–water partition coefficient (Wildman–Crippen LogP) is 5.39. The van der Waals surface area contributed by atoms with E-state index in [1.807, 2.05) is 38.1 Å². The molecule has 0 amide bonds. The Hall–Kier alpha value is -2.18. The van der Waals surface area contributed by atoms with E-state index in [1.54, 1.807) is 0 Å². The summed E-state index contributed by atoms with van der Waals surface area (Å²) in [6.45, 7) is 13.2. The lowest BCUT2D eigenvalue weighted by Crippen LogP contribution is -2.26. The number of aryl methyl sites for hydroxylation is 2. The minimum absolute atomic E-state index is 0.0785. The quantitative estimate of drug-likeness (QED) is 0.550. The molecule has 28 heavy (non-hydrogen) atoms. The lowest BCUT2D eigenvalue weighted by molar-refractivity contribution is 0.154. The predicted molar refractivity (Wildman–Crippen MR) is 108 cm³/mol. The second-order valence-corrected chi connectivity index (χ2v) is 8.57. The van der Waals surface area contributed by atoms with Gasteiger partial charge in [-0.3, -0.25) is 4.90 Å². The van der Waals surface area contributed by atoms with Crippen molar-refractivity contribution in [1.29, 1.82) is 0 Å². The molecule has 0 spiro atoms. The molecule has 7 heteroatoms. The molecule has 0 saturated heterocycles. The number of halogens is 1. The van der Waals surface area contributed by atoms with Crippen LogP contribution in [0.3, 0.4) is 0 Å². The van der Waals surface area contributed by atoms with Crippen LogP contribution < -0.4 is 0 Å². The molecule has 3 aromatic rings. The standard InChI is InChI=1S/C21H27ClN4O2/c1-13-15(3)27-18(23-13)11-26(14(2)16-7-9-17(22)10-8-16)12-19-24-25-20(28-19)21(4,5)6/h7-10,14H,11-12H2,1-6H3/t14-/m1/s1. The van der Waals surface area contributed by atoms with E-state index < -0.39 is 0 Å². The molecule has 2 aromatic heterocycles. The van der Waals surface area contributed by atoms with E-state index in [1.165, 1.54) is 0 Å². The van der Waals surface area contributed by atoms with Crippen LogP contribution >= 0.6 is 11.6 Å². The lowest BCUT2D eigenvalue weighted by Gasteiger charge is -2.27. The first-order valence-corrected chi connectivity index (χ1v) is 9.76. The van der Waals surface area contributed by atoms with E-state index in [9.17, 15) is 0 Å². The molecule has 0 fully saturated rings. The average Bonchev–Trinajstić information content (AvgIpc) is 3.21. The first-order valence-electron chi connectivity index (χ1n) is 9.39. The highest BCUT2D eigenvalue weighted by molar-refractivity contribution is 6.30. The van der Waals surface area contributed by atoms with E-state index >= 15 is 0 Å². The van der Waals surface area contributed by atoms with Crippen molar-refractivity contribution < 1.29 is 8.83 Å². The molecule has 0 unspecified atom stereocenters. The molecule has 0 aliphatic rings. The van der Waals surface area contributed by atoms with Gasteiger partial charge >= 0.3 is 0 Å². The van der Waals surface area contributed by atoms with Crippen LogP contribution in [0.1, 0.15) is 68.4 Å². The highest BCUT2D eigenvalue weighted by Crippen LogP contribution is 2.27. The largest absolute Gasteiger partial charge is 0.444 e. The van der Waals surface area contributed by atoms with Crippen LogP contribution in [0.4, 0.5) is 0 Å². The van der Waals surface area contributed by atoms with Gasteiger partial charge in [0.1, 0.15) is 5.76 Å². The van der Waals surface area contributed by atoms with Gasteiger partial charge in [0.25, 0.3) is 0 Å². The van der Waals surface area contributed by atoms with Crippen molar-refractivity contribution in [3.8, 4) is 0 Å². The van der Waals surface area contributed by atoms with Crippen molar-refractivity contribution in [2.45, 2.75) is 66.1 Å². The fourth-order valence-electron chi connectivity index (χ4n) is 2.86. The van der Waals surface area contributed by atoms with Gasteiger partial charge in [-0.05, 0) is 38.5 Å². The maximum atomic E-state index is 6.05. The highest BCUT2D eigenvalue weighted by Gasteiger charge is 2.25. The van der Waals surface area contributed by atoms with Crippen molar-refractivity contribution in [2.24, 2.45) is 0 Å². The number of hydrogen-bond acceptors (Lipinski definition) is 6. The maximum absolute atomic E-state index is 6.05. The Balaban J connectivity index is 1.86. The molecular formula is C21H27ClN4O2. The minimum atomic E-state index is -0.186. The second kappa shape index (κ2) is 8.05. The fraction of sp³-hybridized carbons (Fsp3) is 0.476. The molecule has 150 valence electrons. The summed E-state index contributed by atoms with van der Waals surface area (Å²) in [5, 5.41) is 9.17. The number of hydrogen-bond donors (Lipinski definition) is 0. The van der Waals surface area contributed by atoms with Crippen LogP contribution in [0, 0.1) is 13.8 Å². The van der Waals surface area contributed by atoms with Crippen LogP contribution in [0.2, 0.25) is 5.02 Å². The molecule has 0 radical (unpaired) electrons. The Bertz CT molecular complexity index is 905. The SMILES string of the molecule is Cc1nc(CN(Cc2nnc(C(C)(C)C)o2)[C@H](C)c2ccc(Cl)cc2)oc1C. The Morgan fingerprint density at radius 3 is 2.18 bits per heavy atom. The van der Waals surface area contributed by atoms with Gasteiger partial charge < -0.3 is 8.83 Å². The van der Waals surface area contributed by atoms with Gasteiger partial charge in [-0.2, -0.15) is 0 Å². The van der Waals surface area contributed by atoms with E-state index in [0.29, 0.717) is 35.8 Å². The van der Waals surface area contributed by atoms with Gasteiger partial charge in [0.2, 0.25) is 17.7 Å². The number of aromatic nitrogens is 3. The molecule has 2 heterocycles. The van der Waals surface area contributed by atoms with Crippen molar-refractivity contribution in [3.05, 3.63) is 64.0 Å². The number of nitrogens with zero attached hydrogens (tertiary/aromatic N) is 4. The monoisotopic (exact) mass is 402 g/mol. The summed E-state index contributed by atoms with van der Waals surface area (Å²) in [6, 6.07) is 7.93. The van der Waals surface area contributed by atoms with Crippen molar-refractivity contribution in [1.82, 2.24) is 20.1 Å². The molecular weight excluding hydrogens is 376 g/mol. The zero-order valence-electron chi connectivity index (χ0n) is 17.3. The average molecular weight is 403 g/mol. The fourth-order valence-corrected chi connectivity index (χ4v) is 2.98. The maximum Gasteiger partial charge on any atom is 0.230 e. The van der Waals surface area contributed by atoms with E-state index in [2.05, 4.69) is 47.8 Å². The van der Waals surface area contributed by atoms with E-state index in [0.717, 1.165) is 17.0 Å². The number of oxazole rings is 1. The summed E-state index contributed by atoms with van der Waals surface area (Å²) >= 11 is 6.05. The van der Waals surface area contributed by atoms with Crippen LogP contribution in [0.15, 0.2) is 33.1 Å². The minimum Gasteiger partial charge on any atom is -0.444 e.